The van der Waals surface area contributed by atoms with E-state index in [1.165, 1.54) is 18.2 Å². The summed E-state index contributed by atoms with van der Waals surface area (Å²) in [6.45, 7) is 0.541. The van der Waals surface area contributed by atoms with Crippen molar-refractivity contribution in [3.05, 3.63) is 29.3 Å². The molecule has 0 bridgehead atoms. The Labute approximate surface area is 115 Å². The lowest BCUT2D eigenvalue weighted by Crippen LogP contribution is -2.40. The van der Waals surface area contributed by atoms with E-state index in [0.29, 0.717) is 5.56 Å². The Morgan fingerprint density at radius 3 is 2.25 bits per heavy atom. The molecule has 20 heavy (non-hydrogen) atoms. The molecule has 1 aromatic rings. The lowest BCUT2D eigenvalue weighted by Gasteiger charge is -2.22. The molecular formula is C12H16F3NO3S. The molecule has 0 spiro atoms. The van der Waals surface area contributed by atoms with Gasteiger partial charge in [0.15, 0.2) is 0 Å². The van der Waals surface area contributed by atoms with Crippen LogP contribution in [0.1, 0.15) is 11.1 Å². The number of hydrogen-bond donors (Lipinski definition) is 1. The molecule has 0 saturated carbocycles. The van der Waals surface area contributed by atoms with Gasteiger partial charge in [-0.05, 0) is 37.1 Å². The summed E-state index contributed by atoms with van der Waals surface area (Å²) in [7, 11) is -4.28. The summed E-state index contributed by atoms with van der Waals surface area (Å²) in [6, 6.07) is 4.12. The van der Waals surface area contributed by atoms with Gasteiger partial charge in [0, 0.05) is 6.54 Å². The fraction of sp³-hybridized carbons (Fsp3) is 0.500. The average Bonchev–Trinajstić information content (AvgIpc) is 2.30. The molecule has 0 aromatic heterocycles. The highest BCUT2D eigenvalue weighted by Crippen LogP contribution is 2.23. The molecule has 1 N–H and O–H groups in total. The number of hydrogen-bond acceptors (Lipinski definition) is 3. The highest BCUT2D eigenvalue weighted by molar-refractivity contribution is 7.89. The van der Waals surface area contributed by atoms with Crippen LogP contribution in [0.3, 0.4) is 0 Å². The third-order valence-corrected chi connectivity index (χ3v) is 4.66. The van der Waals surface area contributed by atoms with Crippen LogP contribution in [-0.4, -0.2) is 43.7 Å². The third kappa shape index (κ3) is 4.19. The van der Waals surface area contributed by atoms with Gasteiger partial charge in [0.2, 0.25) is 10.0 Å². The van der Waals surface area contributed by atoms with Crippen LogP contribution in [0.25, 0.3) is 0 Å². The summed E-state index contributed by atoms with van der Waals surface area (Å²) in [5.41, 5.74) is 1.51. The largest absolute Gasteiger partial charge is 0.402 e. The third-order valence-electron chi connectivity index (χ3n) is 2.82. The van der Waals surface area contributed by atoms with Gasteiger partial charge in [-0.25, -0.2) is 8.42 Å². The van der Waals surface area contributed by atoms with Crippen molar-refractivity contribution in [1.29, 1.82) is 0 Å². The van der Waals surface area contributed by atoms with Gasteiger partial charge >= 0.3 is 6.18 Å². The van der Waals surface area contributed by atoms with E-state index in [2.05, 4.69) is 0 Å². The number of sulfonamides is 1. The Balaban J connectivity index is 3.18. The van der Waals surface area contributed by atoms with Gasteiger partial charge in [-0.15, -0.1) is 0 Å². The van der Waals surface area contributed by atoms with E-state index in [1.54, 1.807) is 13.8 Å². The van der Waals surface area contributed by atoms with E-state index in [-0.39, 0.29) is 9.20 Å². The number of aliphatic hydroxyl groups is 1. The van der Waals surface area contributed by atoms with E-state index in [4.69, 9.17) is 5.11 Å². The van der Waals surface area contributed by atoms with Crippen LogP contribution in [0.5, 0.6) is 0 Å². The summed E-state index contributed by atoms with van der Waals surface area (Å²) in [5.74, 6) is 0. The fourth-order valence-corrected chi connectivity index (χ4v) is 3.12. The topological polar surface area (TPSA) is 57.6 Å². The first-order chi connectivity index (χ1) is 9.08. The Morgan fingerprint density at radius 1 is 1.20 bits per heavy atom. The van der Waals surface area contributed by atoms with Crippen molar-refractivity contribution in [3.8, 4) is 0 Å². The predicted octanol–water partition coefficient (Wildman–Crippen LogP) is 1.85. The van der Waals surface area contributed by atoms with E-state index >= 15 is 0 Å². The monoisotopic (exact) mass is 311 g/mol. The molecule has 1 aromatic carbocycles. The van der Waals surface area contributed by atoms with E-state index in [9.17, 15) is 21.6 Å². The summed E-state index contributed by atoms with van der Waals surface area (Å²) in [6.07, 6.45) is -4.66. The van der Waals surface area contributed by atoms with Crippen molar-refractivity contribution in [3.63, 3.8) is 0 Å². The van der Waals surface area contributed by atoms with E-state index in [0.717, 1.165) is 5.56 Å². The minimum atomic E-state index is -4.66. The number of benzene rings is 1. The standard InChI is InChI=1S/C12H16F3NO3S/c1-9-3-4-11(7-10(9)2)20(18,19)16(5-6-17)8-12(13,14)15/h3-4,7,17H,5-6,8H2,1-2H3. The predicted molar refractivity (Wildman–Crippen MR) is 67.8 cm³/mol. The molecule has 4 nitrogen and oxygen atoms in total. The molecule has 0 aliphatic rings. The van der Waals surface area contributed by atoms with Crippen LogP contribution >= 0.6 is 0 Å². The van der Waals surface area contributed by atoms with Crippen molar-refractivity contribution in [2.75, 3.05) is 19.7 Å². The van der Waals surface area contributed by atoms with E-state index in [1.807, 2.05) is 0 Å². The lowest BCUT2D eigenvalue weighted by molar-refractivity contribution is -0.136. The maximum atomic E-state index is 12.4. The molecule has 0 radical (unpaired) electrons. The second kappa shape index (κ2) is 6.11. The second-order valence-electron chi connectivity index (χ2n) is 4.42. The number of aliphatic hydroxyl groups excluding tert-OH is 1. The zero-order valence-electron chi connectivity index (χ0n) is 11.1. The van der Waals surface area contributed by atoms with Gasteiger partial charge in [0.1, 0.15) is 6.54 Å². The molecule has 114 valence electrons. The molecule has 0 fully saturated rings. The smallest absolute Gasteiger partial charge is 0.395 e. The Bertz CT molecular complexity index is 570. The van der Waals surface area contributed by atoms with Crippen molar-refractivity contribution in [2.24, 2.45) is 0 Å². The number of halogens is 3. The Hall–Kier alpha value is -1.12. The molecule has 0 atom stereocenters. The molecule has 0 saturated heterocycles. The minimum Gasteiger partial charge on any atom is -0.395 e. The number of alkyl halides is 3. The highest BCUT2D eigenvalue weighted by atomic mass is 32.2. The van der Waals surface area contributed by atoms with Crippen LogP contribution in [0.4, 0.5) is 13.2 Å². The van der Waals surface area contributed by atoms with Crippen LogP contribution in [0.2, 0.25) is 0 Å². The second-order valence-corrected chi connectivity index (χ2v) is 6.36. The minimum absolute atomic E-state index is 0.210. The molecular weight excluding hydrogens is 295 g/mol. The van der Waals surface area contributed by atoms with Gasteiger partial charge in [0.05, 0.1) is 11.5 Å². The van der Waals surface area contributed by atoms with Gasteiger partial charge in [-0.3, -0.25) is 0 Å². The van der Waals surface area contributed by atoms with Crippen molar-refractivity contribution >= 4 is 10.0 Å². The van der Waals surface area contributed by atoms with Crippen LogP contribution in [0, 0.1) is 13.8 Å². The fourth-order valence-electron chi connectivity index (χ4n) is 1.62. The molecule has 0 heterocycles. The normalized spacial score (nSPS) is 12.9. The summed E-state index contributed by atoms with van der Waals surface area (Å²) < 4.78 is 61.9. The van der Waals surface area contributed by atoms with Crippen LogP contribution in [-0.2, 0) is 10.0 Å². The van der Waals surface area contributed by atoms with Crippen molar-refractivity contribution in [1.82, 2.24) is 4.31 Å². The summed E-state index contributed by atoms with van der Waals surface area (Å²) in [4.78, 5) is -0.210. The number of aryl methyl sites for hydroxylation is 2. The van der Waals surface area contributed by atoms with Gasteiger partial charge in [-0.1, -0.05) is 6.07 Å². The number of rotatable bonds is 5. The molecule has 0 aliphatic heterocycles. The zero-order chi connectivity index (χ0) is 15.6. The number of nitrogens with zero attached hydrogens (tertiary/aromatic N) is 1. The van der Waals surface area contributed by atoms with Crippen LogP contribution < -0.4 is 0 Å². The van der Waals surface area contributed by atoms with Crippen molar-refractivity contribution in [2.45, 2.75) is 24.9 Å². The SMILES string of the molecule is Cc1ccc(S(=O)(=O)N(CCO)CC(F)(F)F)cc1C. The molecule has 8 heteroatoms. The quantitative estimate of drug-likeness (QED) is 0.903. The summed E-state index contributed by atoms with van der Waals surface area (Å²) >= 11 is 0. The lowest BCUT2D eigenvalue weighted by atomic mass is 10.1. The van der Waals surface area contributed by atoms with Crippen LogP contribution in [0.15, 0.2) is 23.1 Å². The average molecular weight is 311 g/mol. The van der Waals surface area contributed by atoms with Gasteiger partial charge in [0.25, 0.3) is 0 Å². The molecule has 1 rings (SSSR count). The molecule has 0 amide bonds. The maximum absolute atomic E-state index is 12.4. The summed E-state index contributed by atoms with van der Waals surface area (Å²) in [5, 5.41) is 8.77. The van der Waals surface area contributed by atoms with Gasteiger partial charge < -0.3 is 5.11 Å². The first-order valence-electron chi connectivity index (χ1n) is 5.83. The van der Waals surface area contributed by atoms with Crippen molar-refractivity contribution < 1.29 is 26.7 Å². The maximum Gasteiger partial charge on any atom is 0.402 e. The Kier molecular flexibility index (Phi) is 5.17. The molecule has 0 aliphatic carbocycles. The Morgan fingerprint density at radius 2 is 1.80 bits per heavy atom. The van der Waals surface area contributed by atoms with E-state index < -0.39 is 35.9 Å². The van der Waals surface area contributed by atoms with Gasteiger partial charge in [-0.2, -0.15) is 17.5 Å². The first kappa shape index (κ1) is 16.9. The zero-order valence-corrected chi connectivity index (χ0v) is 11.9. The highest BCUT2D eigenvalue weighted by Gasteiger charge is 2.36. The first-order valence-corrected chi connectivity index (χ1v) is 7.27. The molecule has 0 unspecified atom stereocenters.